The zero-order chi connectivity index (χ0) is 13.4. The lowest BCUT2D eigenvalue weighted by Crippen LogP contribution is -2.28. The Kier molecular flexibility index (Phi) is 5.99. The van der Waals surface area contributed by atoms with Crippen LogP contribution in [0.3, 0.4) is 0 Å². The predicted molar refractivity (Wildman–Crippen MR) is 62.1 cm³/mol. The van der Waals surface area contributed by atoms with Crippen LogP contribution in [0.5, 0.6) is 0 Å². The minimum atomic E-state index is -0.783. The molecule has 1 amide bonds. The van der Waals surface area contributed by atoms with Gasteiger partial charge in [0.2, 0.25) is 5.91 Å². The Morgan fingerprint density at radius 1 is 1.44 bits per heavy atom. The molecule has 1 rings (SSSR count). The minimum absolute atomic E-state index is 0.0684. The van der Waals surface area contributed by atoms with Gasteiger partial charge in [0.05, 0.1) is 12.8 Å². The van der Waals surface area contributed by atoms with Gasteiger partial charge in [0.15, 0.2) is 11.6 Å². The second-order valence-corrected chi connectivity index (χ2v) is 3.50. The molecule has 0 spiro atoms. The Morgan fingerprint density at radius 3 is 2.89 bits per heavy atom. The Hall–Kier alpha value is -1.76. The summed E-state index contributed by atoms with van der Waals surface area (Å²) in [5.74, 6) is -1.77. The van der Waals surface area contributed by atoms with Gasteiger partial charge in [0.1, 0.15) is 5.82 Å². The molecule has 0 fully saturated rings. The molecule has 1 aromatic heterocycles. The number of nitrogens with zero attached hydrogens (tertiary/aromatic N) is 1. The normalized spacial score (nSPS) is 10.2. The van der Waals surface area contributed by atoms with E-state index < -0.39 is 11.6 Å². The summed E-state index contributed by atoms with van der Waals surface area (Å²) in [5, 5.41) is 5.23. The third-order valence-corrected chi connectivity index (χ3v) is 2.08. The topological polar surface area (TPSA) is 63.2 Å². The van der Waals surface area contributed by atoms with Crippen LogP contribution in [0.1, 0.15) is 6.42 Å². The highest BCUT2D eigenvalue weighted by atomic mass is 19.1. The molecule has 100 valence electrons. The largest absolute Gasteiger partial charge is 0.383 e. The molecule has 0 radical (unpaired) electrons. The number of amides is 1. The molecule has 0 aliphatic carbocycles. The highest BCUT2D eigenvalue weighted by Gasteiger charge is 2.06. The van der Waals surface area contributed by atoms with Gasteiger partial charge in [-0.2, -0.15) is 0 Å². The van der Waals surface area contributed by atoms with Crippen LogP contribution in [-0.2, 0) is 9.53 Å². The fourth-order valence-corrected chi connectivity index (χ4v) is 1.22. The number of ether oxygens (including phenoxy) is 1. The molecule has 5 nitrogen and oxygen atoms in total. The summed E-state index contributed by atoms with van der Waals surface area (Å²) in [7, 11) is 1.54. The number of anilines is 1. The van der Waals surface area contributed by atoms with E-state index in [1.807, 2.05) is 0 Å². The predicted octanol–water partition coefficient (Wildman–Crippen LogP) is 0.924. The van der Waals surface area contributed by atoms with E-state index in [0.717, 1.165) is 12.3 Å². The van der Waals surface area contributed by atoms with Crippen LogP contribution in [0.15, 0.2) is 12.3 Å². The first-order valence-electron chi connectivity index (χ1n) is 5.44. The maximum atomic E-state index is 13.1. The molecule has 1 heterocycles. The SMILES string of the molecule is COCCNC(=O)CCNc1ncc(F)cc1F. The number of aromatic nitrogens is 1. The minimum Gasteiger partial charge on any atom is -0.383 e. The van der Waals surface area contributed by atoms with Gasteiger partial charge in [-0.05, 0) is 0 Å². The van der Waals surface area contributed by atoms with E-state index in [1.165, 1.54) is 7.11 Å². The number of carbonyl (C=O) groups excluding carboxylic acids is 1. The summed E-state index contributed by atoms with van der Waals surface area (Å²) in [6.07, 6.45) is 1.08. The molecule has 7 heteroatoms. The molecule has 0 aliphatic heterocycles. The Morgan fingerprint density at radius 2 is 2.22 bits per heavy atom. The standard InChI is InChI=1S/C11H15F2N3O2/c1-18-5-4-14-10(17)2-3-15-11-9(13)6-8(12)7-16-11/h6-7H,2-5H2,1H3,(H,14,17)(H,15,16). The van der Waals surface area contributed by atoms with Crippen LogP contribution < -0.4 is 10.6 Å². The number of rotatable bonds is 7. The van der Waals surface area contributed by atoms with E-state index in [4.69, 9.17) is 4.74 Å². The van der Waals surface area contributed by atoms with E-state index in [2.05, 4.69) is 15.6 Å². The smallest absolute Gasteiger partial charge is 0.221 e. The maximum Gasteiger partial charge on any atom is 0.221 e. The summed E-state index contributed by atoms with van der Waals surface area (Å²) < 4.78 is 30.5. The summed E-state index contributed by atoms with van der Waals surface area (Å²) in [6.45, 7) is 1.08. The zero-order valence-electron chi connectivity index (χ0n) is 10.0. The summed E-state index contributed by atoms with van der Waals surface area (Å²) in [4.78, 5) is 14.8. The highest BCUT2D eigenvalue weighted by Crippen LogP contribution is 2.10. The number of carbonyl (C=O) groups is 1. The van der Waals surface area contributed by atoms with E-state index in [1.54, 1.807) is 0 Å². The van der Waals surface area contributed by atoms with Gasteiger partial charge in [-0.25, -0.2) is 13.8 Å². The molecule has 18 heavy (non-hydrogen) atoms. The number of hydrogen-bond donors (Lipinski definition) is 2. The zero-order valence-corrected chi connectivity index (χ0v) is 10.0. The van der Waals surface area contributed by atoms with Crippen LogP contribution in [0, 0.1) is 11.6 Å². The van der Waals surface area contributed by atoms with Crippen molar-refractivity contribution in [1.82, 2.24) is 10.3 Å². The van der Waals surface area contributed by atoms with Crippen LogP contribution >= 0.6 is 0 Å². The number of nitrogens with one attached hydrogen (secondary N) is 2. The van der Waals surface area contributed by atoms with Crippen molar-refractivity contribution in [2.24, 2.45) is 0 Å². The van der Waals surface area contributed by atoms with Crippen molar-refractivity contribution in [1.29, 1.82) is 0 Å². The van der Waals surface area contributed by atoms with Crippen LogP contribution in [0.4, 0.5) is 14.6 Å². The summed E-state index contributed by atoms with van der Waals surface area (Å²) in [6, 6.07) is 0.730. The van der Waals surface area contributed by atoms with Crippen LogP contribution in [0.2, 0.25) is 0 Å². The Labute approximate surface area is 104 Å². The molecule has 0 bridgehead atoms. The molecule has 0 atom stereocenters. The lowest BCUT2D eigenvalue weighted by molar-refractivity contribution is -0.121. The van der Waals surface area contributed by atoms with Gasteiger partial charge < -0.3 is 15.4 Å². The average molecular weight is 259 g/mol. The molecule has 0 saturated heterocycles. The van der Waals surface area contributed by atoms with Gasteiger partial charge in [-0.1, -0.05) is 0 Å². The fraction of sp³-hybridized carbons (Fsp3) is 0.455. The van der Waals surface area contributed by atoms with Crippen molar-refractivity contribution < 1.29 is 18.3 Å². The van der Waals surface area contributed by atoms with E-state index >= 15 is 0 Å². The third kappa shape index (κ3) is 5.05. The number of halogens is 2. The van der Waals surface area contributed by atoms with Gasteiger partial charge in [-0.3, -0.25) is 4.79 Å². The molecule has 0 unspecified atom stereocenters. The fourth-order valence-electron chi connectivity index (χ4n) is 1.22. The monoisotopic (exact) mass is 259 g/mol. The van der Waals surface area contributed by atoms with Gasteiger partial charge in [0, 0.05) is 32.7 Å². The van der Waals surface area contributed by atoms with Gasteiger partial charge in [-0.15, -0.1) is 0 Å². The van der Waals surface area contributed by atoms with Crippen LogP contribution in [-0.4, -0.2) is 37.7 Å². The maximum absolute atomic E-state index is 13.1. The first-order chi connectivity index (χ1) is 8.63. The van der Waals surface area contributed by atoms with Gasteiger partial charge >= 0.3 is 0 Å². The molecule has 0 saturated carbocycles. The van der Waals surface area contributed by atoms with Crippen molar-refractivity contribution in [2.75, 3.05) is 32.1 Å². The van der Waals surface area contributed by atoms with Crippen molar-refractivity contribution in [3.63, 3.8) is 0 Å². The van der Waals surface area contributed by atoms with Crippen molar-refractivity contribution >= 4 is 11.7 Å². The third-order valence-electron chi connectivity index (χ3n) is 2.08. The highest BCUT2D eigenvalue weighted by molar-refractivity contribution is 5.76. The van der Waals surface area contributed by atoms with Crippen molar-refractivity contribution in [3.8, 4) is 0 Å². The quantitative estimate of drug-likeness (QED) is 0.715. The Balaban J connectivity index is 2.26. The van der Waals surface area contributed by atoms with E-state index in [-0.39, 0.29) is 24.7 Å². The molecule has 0 aromatic carbocycles. The van der Waals surface area contributed by atoms with E-state index in [9.17, 15) is 13.6 Å². The number of pyridine rings is 1. The van der Waals surface area contributed by atoms with Crippen molar-refractivity contribution in [2.45, 2.75) is 6.42 Å². The second kappa shape index (κ2) is 7.54. The van der Waals surface area contributed by atoms with Crippen molar-refractivity contribution in [3.05, 3.63) is 23.9 Å². The molecular weight excluding hydrogens is 244 g/mol. The first-order valence-corrected chi connectivity index (χ1v) is 5.44. The van der Waals surface area contributed by atoms with E-state index in [0.29, 0.717) is 13.2 Å². The summed E-state index contributed by atoms with van der Waals surface area (Å²) >= 11 is 0. The lowest BCUT2D eigenvalue weighted by Gasteiger charge is -2.07. The van der Waals surface area contributed by atoms with Crippen LogP contribution in [0.25, 0.3) is 0 Å². The van der Waals surface area contributed by atoms with Gasteiger partial charge in [0.25, 0.3) is 0 Å². The molecule has 1 aromatic rings. The molecule has 0 aliphatic rings. The Bertz CT molecular complexity index is 402. The number of methoxy groups -OCH3 is 1. The first kappa shape index (κ1) is 14.3. The molecule has 2 N–H and O–H groups in total. The molecular formula is C11H15F2N3O2. The number of hydrogen-bond acceptors (Lipinski definition) is 4. The lowest BCUT2D eigenvalue weighted by atomic mass is 10.3. The summed E-state index contributed by atoms with van der Waals surface area (Å²) in [5.41, 5.74) is 0. The average Bonchev–Trinajstić information content (AvgIpc) is 2.32. The second-order valence-electron chi connectivity index (χ2n) is 3.50.